The van der Waals surface area contributed by atoms with Gasteiger partial charge in [0.2, 0.25) is 0 Å². The molecule has 2 N–H and O–H groups in total. The van der Waals surface area contributed by atoms with Gasteiger partial charge in [0.05, 0.1) is 0 Å². The molecule has 58 valence electrons. The summed E-state index contributed by atoms with van der Waals surface area (Å²) in [5.41, 5.74) is 0. The molecule has 0 saturated carbocycles. The van der Waals surface area contributed by atoms with Crippen LogP contribution in [0.3, 0.4) is 0 Å². The Hall–Kier alpha value is 1.21. The normalized spacial score (nSPS) is 9.10. The molecule has 1 unspecified atom stereocenters. The van der Waals surface area contributed by atoms with Crippen LogP contribution in [0.15, 0.2) is 0 Å². The average Bonchev–Trinajstić information content (AvgIpc) is 1.65. The summed E-state index contributed by atoms with van der Waals surface area (Å²) in [7, 11) is 0. The predicted octanol–water partition coefficient (Wildman–Crippen LogP) is -2.03. The molecule has 0 aliphatic heterocycles. The molecule has 0 radical (unpaired) electrons. The Balaban J connectivity index is -0.0000000600. The number of halogens is 1. The molecule has 0 fully saturated rings. The maximum absolute atomic E-state index is 9.79. The molecule has 0 rings (SSSR count). The third kappa shape index (κ3) is 11.9. The van der Waals surface area contributed by atoms with Gasteiger partial charge in [-0.15, -0.1) is 12.4 Å². The van der Waals surface area contributed by atoms with Gasteiger partial charge in [0.15, 0.2) is 23.5 Å². The summed E-state index contributed by atoms with van der Waals surface area (Å²) in [5.74, 6) is -1.04. The van der Waals surface area contributed by atoms with Crippen LogP contribution in [0.5, 0.6) is 0 Å². The van der Waals surface area contributed by atoms with Crippen LogP contribution in [0.1, 0.15) is 6.92 Å². The van der Waals surface area contributed by atoms with Gasteiger partial charge in [0.25, 0.3) is 0 Å². The van der Waals surface area contributed by atoms with Gasteiger partial charge in [0.1, 0.15) is 0 Å². The van der Waals surface area contributed by atoms with Crippen LogP contribution in [0, 0.1) is 0 Å². The molecule has 0 aliphatic carbocycles. The van der Waals surface area contributed by atoms with Crippen LogP contribution in [0.4, 0.5) is 0 Å². The number of rotatable bonds is 1. The summed E-state index contributed by atoms with van der Waals surface area (Å²) >= 11 is 0. The van der Waals surface area contributed by atoms with Crippen molar-refractivity contribution in [2.45, 2.75) is 13.0 Å². The van der Waals surface area contributed by atoms with E-state index < -0.39 is 12.1 Å². The van der Waals surface area contributed by atoms with Crippen molar-refractivity contribution in [3.8, 4) is 0 Å². The molecule has 0 spiro atoms. The second-order valence-electron chi connectivity index (χ2n) is 1.09. The van der Waals surface area contributed by atoms with Crippen molar-refractivity contribution in [2.24, 2.45) is 0 Å². The van der Waals surface area contributed by atoms with E-state index >= 15 is 0 Å². The first-order valence-electron chi connectivity index (χ1n) is 1.72. The van der Waals surface area contributed by atoms with Gasteiger partial charge < -0.3 is 5.11 Å². The van der Waals surface area contributed by atoms with Gasteiger partial charge in [-0.25, -0.2) is 4.79 Å². The third-order valence-electron chi connectivity index (χ3n) is 0.431. The Morgan fingerprint density at radius 2 is 1.90 bits per heavy atom. The van der Waals surface area contributed by atoms with Crippen molar-refractivity contribution in [3.05, 3.63) is 0 Å². The van der Waals surface area contributed by atoms with E-state index in [0.29, 0.717) is 0 Å². The summed E-state index contributed by atoms with van der Waals surface area (Å²) in [6.07, 6.45) is -1.25. The molecule has 0 aliphatic rings. The second-order valence-corrected chi connectivity index (χ2v) is 1.09. The quantitative estimate of drug-likeness (QED) is 0.289. The zero-order valence-corrected chi connectivity index (χ0v) is 5.01. The SMILES string of the molecule is CC(O)C(=O)OO.Cl.[AlH3].[NaH]. The fourth-order valence-electron chi connectivity index (χ4n) is 0.0763. The Morgan fingerprint density at radius 3 is 1.90 bits per heavy atom. The van der Waals surface area contributed by atoms with Crippen LogP contribution in [0.2, 0.25) is 0 Å². The molecule has 0 saturated heterocycles. The number of aliphatic hydroxyl groups is 1. The monoisotopic (exact) mass is 196 g/mol. The Kier molecular flexibility index (Phi) is 28.9. The van der Waals surface area contributed by atoms with Crippen LogP contribution >= 0.6 is 12.4 Å². The number of carbonyl (C=O) groups is 1. The average molecular weight is 197 g/mol. The van der Waals surface area contributed by atoms with E-state index in [-0.39, 0.29) is 59.3 Å². The van der Waals surface area contributed by atoms with Crippen molar-refractivity contribution >= 4 is 65.3 Å². The van der Waals surface area contributed by atoms with E-state index in [9.17, 15) is 4.79 Å². The Bertz CT molecular complexity index is 80.9. The first kappa shape index (κ1) is 22.5. The van der Waals surface area contributed by atoms with Crippen molar-refractivity contribution < 1.29 is 20.0 Å². The zero-order valence-electron chi connectivity index (χ0n) is 4.20. The molecule has 4 nitrogen and oxygen atoms in total. The molecule has 7 heteroatoms. The first-order chi connectivity index (χ1) is 3.18. The van der Waals surface area contributed by atoms with E-state index in [1.165, 1.54) is 6.92 Å². The van der Waals surface area contributed by atoms with Crippen molar-refractivity contribution in [1.29, 1.82) is 0 Å². The van der Waals surface area contributed by atoms with Gasteiger partial charge in [-0.1, -0.05) is 0 Å². The van der Waals surface area contributed by atoms with Crippen LogP contribution < -0.4 is 0 Å². The summed E-state index contributed by atoms with van der Waals surface area (Å²) in [5, 5.41) is 15.7. The Labute approximate surface area is 97.7 Å². The molecule has 0 amide bonds. The fourth-order valence-corrected chi connectivity index (χ4v) is 0.0763. The molecule has 1 atom stereocenters. The summed E-state index contributed by atoms with van der Waals surface area (Å²) in [4.78, 5) is 12.9. The molecule has 0 aromatic carbocycles. The van der Waals surface area contributed by atoms with Crippen LogP contribution in [0.25, 0.3) is 0 Å². The van der Waals surface area contributed by atoms with E-state index in [1.807, 2.05) is 0 Å². The number of aliphatic hydroxyl groups excluding tert-OH is 1. The minimum absolute atomic E-state index is 0. The summed E-state index contributed by atoms with van der Waals surface area (Å²) in [6.45, 7) is 1.19. The maximum atomic E-state index is 9.79. The molecule has 0 bridgehead atoms. The Morgan fingerprint density at radius 1 is 1.60 bits per heavy atom. The van der Waals surface area contributed by atoms with E-state index in [4.69, 9.17) is 10.4 Å². The van der Waals surface area contributed by atoms with E-state index in [2.05, 4.69) is 4.89 Å². The van der Waals surface area contributed by atoms with Gasteiger partial charge in [-0.05, 0) is 6.92 Å². The van der Waals surface area contributed by atoms with Crippen molar-refractivity contribution in [2.75, 3.05) is 0 Å². The molecular weight excluding hydrogens is 185 g/mol. The number of hydrogen-bond donors (Lipinski definition) is 2. The van der Waals surface area contributed by atoms with Crippen LogP contribution in [-0.4, -0.2) is 69.4 Å². The van der Waals surface area contributed by atoms with Gasteiger partial charge in [-0.3, -0.25) is 4.89 Å². The molecular formula is C3H11AlClNaO4. The molecule has 0 heterocycles. The third-order valence-corrected chi connectivity index (χ3v) is 0.431. The second kappa shape index (κ2) is 12.9. The van der Waals surface area contributed by atoms with E-state index in [0.717, 1.165) is 0 Å². The summed E-state index contributed by atoms with van der Waals surface area (Å²) in [6, 6.07) is 0. The van der Waals surface area contributed by atoms with Crippen molar-refractivity contribution in [1.82, 2.24) is 0 Å². The number of carbonyl (C=O) groups excluding carboxylic acids is 1. The van der Waals surface area contributed by atoms with Gasteiger partial charge in [-0.2, -0.15) is 5.26 Å². The van der Waals surface area contributed by atoms with Crippen LogP contribution in [-0.2, 0) is 9.68 Å². The minimum atomic E-state index is -1.25. The van der Waals surface area contributed by atoms with Crippen molar-refractivity contribution in [3.63, 3.8) is 0 Å². The topological polar surface area (TPSA) is 66.8 Å². The first-order valence-corrected chi connectivity index (χ1v) is 1.72. The van der Waals surface area contributed by atoms with E-state index in [1.54, 1.807) is 0 Å². The number of hydrogen-bond acceptors (Lipinski definition) is 4. The molecule has 10 heavy (non-hydrogen) atoms. The summed E-state index contributed by atoms with van der Waals surface area (Å²) < 4.78 is 0. The standard InChI is InChI=1S/C3H6O4.Al.ClH.Na.4H/c1-2(4)3(5)7-6;;;;;;;/h2,4,6H,1H3;;1H;;;;;. The predicted molar refractivity (Wildman–Crippen MR) is 44.7 cm³/mol. The van der Waals surface area contributed by atoms with Gasteiger partial charge >= 0.3 is 35.5 Å². The zero-order chi connectivity index (χ0) is 5.86. The van der Waals surface area contributed by atoms with Gasteiger partial charge in [0, 0.05) is 0 Å². The molecule has 0 aromatic rings. The molecule has 0 aromatic heterocycles. The fraction of sp³-hybridized carbons (Fsp3) is 0.667.